The summed E-state index contributed by atoms with van der Waals surface area (Å²) in [6, 6.07) is 0. The molecule has 2 aliphatic carbocycles. The lowest BCUT2D eigenvalue weighted by atomic mass is 9.82. The van der Waals surface area contributed by atoms with Crippen LogP contribution >= 0.6 is 0 Å². The van der Waals surface area contributed by atoms with Gasteiger partial charge in [-0.3, -0.25) is 0 Å². The summed E-state index contributed by atoms with van der Waals surface area (Å²) in [6.45, 7) is 22.1. The molecule has 1 unspecified atom stereocenters. The summed E-state index contributed by atoms with van der Waals surface area (Å²) in [5.74, 6) is 0.998. The lowest BCUT2D eigenvalue weighted by Gasteiger charge is -2.23. The summed E-state index contributed by atoms with van der Waals surface area (Å²) in [4.78, 5) is 0. The summed E-state index contributed by atoms with van der Waals surface area (Å²) in [6.07, 6.45) is 11.7. The molecule has 2 aliphatic rings. The van der Waals surface area contributed by atoms with E-state index in [0.29, 0.717) is 5.41 Å². The van der Waals surface area contributed by atoms with Crippen molar-refractivity contribution in [1.29, 1.82) is 0 Å². The molecule has 0 aromatic carbocycles. The summed E-state index contributed by atoms with van der Waals surface area (Å²) < 4.78 is 0. The highest BCUT2D eigenvalue weighted by molar-refractivity contribution is 5.40. The van der Waals surface area contributed by atoms with Gasteiger partial charge in [0.15, 0.2) is 0 Å². The van der Waals surface area contributed by atoms with E-state index < -0.39 is 0 Å². The highest BCUT2D eigenvalue weighted by Crippen LogP contribution is 2.50. The number of hydrogen-bond donors (Lipinski definition) is 0. The highest BCUT2D eigenvalue weighted by atomic mass is 14.5. The van der Waals surface area contributed by atoms with Crippen molar-refractivity contribution in [1.82, 2.24) is 0 Å². The first-order chi connectivity index (χ1) is 10.4. The molecule has 0 saturated heterocycles. The Bertz CT molecular complexity index is 515. The molecule has 0 radical (unpaired) electrons. The van der Waals surface area contributed by atoms with E-state index in [1.165, 1.54) is 28.7 Å². The van der Waals surface area contributed by atoms with Crippen LogP contribution in [0.25, 0.3) is 0 Å². The van der Waals surface area contributed by atoms with Crippen molar-refractivity contribution in [3.63, 3.8) is 0 Å². The van der Waals surface area contributed by atoms with E-state index in [1.54, 1.807) is 0 Å². The van der Waals surface area contributed by atoms with Gasteiger partial charge in [0, 0.05) is 0 Å². The van der Waals surface area contributed by atoms with Crippen molar-refractivity contribution < 1.29 is 0 Å². The van der Waals surface area contributed by atoms with Gasteiger partial charge in [0.05, 0.1) is 0 Å². The molecule has 0 amide bonds. The van der Waals surface area contributed by atoms with Crippen LogP contribution in [0.4, 0.5) is 0 Å². The average Bonchev–Trinajstić information content (AvgIpc) is 3.00. The quantitative estimate of drug-likeness (QED) is 0.469. The van der Waals surface area contributed by atoms with Crippen molar-refractivity contribution in [3.8, 4) is 0 Å². The minimum atomic E-state index is 0.271. The van der Waals surface area contributed by atoms with Gasteiger partial charge in [-0.05, 0) is 67.4 Å². The van der Waals surface area contributed by atoms with Crippen LogP contribution < -0.4 is 0 Å². The molecule has 1 fully saturated rings. The van der Waals surface area contributed by atoms with Gasteiger partial charge in [-0.1, -0.05) is 70.9 Å². The molecule has 0 aromatic rings. The molecule has 0 heterocycles. The van der Waals surface area contributed by atoms with E-state index in [0.717, 1.165) is 25.2 Å². The minimum Gasteiger partial charge on any atom is -0.100 e. The predicted octanol–water partition coefficient (Wildman–Crippen LogP) is 7.64. The third kappa shape index (κ3) is 6.94. The average molecular weight is 315 g/mol. The van der Waals surface area contributed by atoms with Crippen molar-refractivity contribution >= 4 is 0 Å². The van der Waals surface area contributed by atoms with Gasteiger partial charge in [-0.25, -0.2) is 0 Å². The molecule has 1 atom stereocenters. The number of hydrogen-bond acceptors (Lipinski definition) is 0. The van der Waals surface area contributed by atoms with E-state index in [2.05, 4.69) is 80.2 Å². The van der Waals surface area contributed by atoms with Gasteiger partial charge in [0.2, 0.25) is 0 Å². The van der Waals surface area contributed by atoms with Crippen LogP contribution in [0.2, 0.25) is 0 Å². The number of rotatable bonds is 3. The Morgan fingerprint density at radius 3 is 2.00 bits per heavy atom. The zero-order chi connectivity index (χ0) is 17.8. The Morgan fingerprint density at radius 2 is 1.70 bits per heavy atom. The molecule has 0 aliphatic heterocycles. The normalized spacial score (nSPS) is 24.3. The Kier molecular flexibility index (Phi) is 6.69. The Hall–Kier alpha value is -1.04. The molecule has 0 spiro atoms. The van der Waals surface area contributed by atoms with Crippen molar-refractivity contribution in [3.05, 3.63) is 47.1 Å². The molecule has 130 valence electrons. The smallest absolute Gasteiger partial charge is 0.00920 e. The Morgan fingerprint density at radius 1 is 1.17 bits per heavy atom. The first-order valence-electron chi connectivity index (χ1n) is 9.15. The van der Waals surface area contributed by atoms with Gasteiger partial charge in [-0.2, -0.15) is 0 Å². The second-order valence-electron chi connectivity index (χ2n) is 9.30. The topological polar surface area (TPSA) is 0 Å². The lowest BCUT2D eigenvalue weighted by Crippen LogP contribution is -2.09. The molecule has 0 N–H and O–H groups in total. The van der Waals surface area contributed by atoms with E-state index in [1.807, 2.05) is 0 Å². The van der Waals surface area contributed by atoms with E-state index in [-0.39, 0.29) is 5.41 Å². The maximum absolute atomic E-state index is 3.96. The molecule has 0 heteroatoms. The van der Waals surface area contributed by atoms with Gasteiger partial charge in [-0.15, -0.1) is 6.58 Å². The molecular weight excluding hydrogens is 276 g/mol. The van der Waals surface area contributed by atoms with Crippen LogP contribution in [0.3, 0.4) is 0 Å². The SMILES string of the molecule is C=C(C)CC/C(C)=C1/C=CC(C(C)(C)C)=CC1.CC1CC1(C)C. The lowest BCUT2D eigenvalue weighted by molar-refractivity contribution is 0.514. The highest BCUT2D eigenvalue weighted by Gasteiger charge is 2.41. The standard InChI is InChI=1S/C17H26.C6H12/c1-13(2)7-8-14(3)15-9-11-16(12-10-15)17(4,5)6;1-5-4-6(5,2)3/h9,11-12H,1,7-8,10H2,2-6H3;5H,4H2,1-3H3/b15-14-;. The zero-order valence-electron chi connectivity index (χ0n) is 16.8. The summed E-state index contributed by atoms with van der Waals surface area (Å²) in [5.41, 5.74) is 6.70. The van der Waals surface area contributed by atoms with Gasteiger partial charge >= 0.3 is 0 Å². The fourth-order valence-corrected chi connectivity index (χ4v) is 2.71. The van der Waals surface area contributed by atoms with Crippen molar-refractivity contribution in [2.75, 3.05) is 0 Å². The molecule has 0 nitrogen and oxygen atoms in total. The van der Waals surface area contributed by atoms with Gasteiger partial charge in [0.25, 0.3) is 0 Å². The fraction of sp³-hybridized carbons (Fsp3) is 0.652. The zero-order valence-corrected chi connectivity index (χ0v) is 16.8. The van der Waals surface area contributed by atoms with Crippen LogP contribution in [-0.2, 0) is 0 Å². The largest absolute Gasteiger partial charge is 0.100 e. The van der Waals surface area contributed by atoms with Crippen molar-refractivity contribution in [2.24, 2.45) is 16.7 Å². The Labute approximate surface area is 145 Å². The van der Waals surface area contributed by atoms with Crippen LogP contribution in [0.1, 0.15) is 81.1 Å². The second kappa shape index (κ2) is 7.69. The van der Waals surface area contributed by atoms with Crippen molar-refractivity contribution in [2.45, 2.75) is 81.1 Å². The second-order valence-corrected chi connectivity index (χ2v) is 9.30. The summed E-state index contributed by atoms with van der Waals surface area (Å²) in [7, 11) is 0. The molecular formula is C23H38. The third-order valence-electron chi connectivity index (χ3n) is 5.35. The van der Waals surface area contributed by atoms with Gasteiger partial charge < -0.3 is 0 Å². The predicted molar refractivity (Wildman–Crippen MR) is 106 cm³/mol. The fourth-order valence-electron chi connectivity index (χ4n) is 2.71. The molecule has 0 aromatic heterocycles. The maximum atomic E-state index is 3.96. The number of allylic oxidation sites excluding steroid dienone is 7. The van der Waals surface area contributed by atoms with Gasteiger partial charge in [0.1, 0.15) is 0 Å². The van der Waals surface area contributed by atoms with E-state index >= 15 is 0 Å². The van der Waals surface area contributed by atoms with E-state index in [4.69, 9.17) is 0 Å². The third-order valence-corrected chi connectivity index (χ3v) is 5.35. The molecule has 23 heavy (non-hydrogen) atoms. The van der Waals surface area contributed by atoms with Crippen LogP contribution in [0.5, 0.6) is 0 Å². The molecule has 1 saturated carbocycles. The Balaban J connectivity index is 0.000000366. The monoisotopic (exact) mass is 314 g/mol. The first kappa shape index (κ1) is 20.0. The van der Waals surface area contributed by atoms with Crippen LogP contribution in [0.15, 0.2) is 47.1 Å². The first-order valence-corrected chi connectivity index (χ1v) is 9.15. The maximum Gasteiger partial charge on any atom is -0.00920 e. The van der Waals surface area contributed by atoms with E-state index in [9.17, 15) is 0 Å². The summed E-state index contributed by atoms with van der Waals surface area (Å²) in [5, 5.41) is 0. The molecule has 0 bridgehead atoms. The van der Waals surface area contributed by atoms with Crippen LogP contribution in [-0.4, -0.2) is 0 Å². The summed E-state index contributed by atoms with van der Waals surface area (Å²) >= 11 is 0. The molecule has 2 rings (SSSR count). The van der Waals surface area contributed by atoms with Crippen LogP contribution in [0, 0.1) is 16.7 Å². The minimum absolute atomic E-state index is 0.271.